The molecule has 2 saturated heterocycles. The van der Waals surface area contributed by atoms with E-state index in [2.05, 4.69) is 24.2 Å². The molecule has 0 radical (unpaired) electrons. The summed E-state index contributed by atoms with van der Waals surface area (Å²) in [6.07, 6.45) is 1.26. The van der Waals surface area contributed by atoms with Gasteiger partial charge in [0.1, 0.15) is 0 Å². The Labute approximate surface area is 203 Å². The number of aliphatic imine (C=N–C) groups is 1. The number of hydrogen-bond acceptors (Lipinski definition) is 4. The Morgan fingerprint density at radius 3 is 2.48 bits per heavy atom. The fourth-order valence-corrected chi connectivity index (χ4v) is 4.12. The van der Waals surface area contributed by atoms with E-state index < -0.39 is 0 Å². The molecular weight excluding hydrogens is 507 g/mol. The van der Waals surface area contributed by atoms with E-state index in [1.54, 1.807) is 0 Å². The molecule has 1 amide bonds. The highest BCUT2D eigenvalue weighted by molar-refractivity contribution is 14.0. The van der Waals surface area contributed by atoms with E-state index in [4.69, 9.17) is 14.5 Å². The molecule has 174 valence electrons. The summed E-state index contributed by atoms with van der Waals surface area (Å²) in [7, 11) is 2.08. The van der Waals surface area contributed by atoms with Gasteiger partial charge in [0, 0.05) is 51.3 Å². The van der Waals surface area contributed by atoms with Gasteiger partial charge in [0.05, 0.1) is 25.4 Å². The predicted molar refractivity (Wildman–Crippen MR) is 134 cm³/mol. The maximum atomic E-state index is 12.8. The molecule has 0 saturated carbocycles. The summed E-state index contributed by atoms with van der Waals surface area (Å²) < 4.78 is 11.2. The van der Waals surface area contributed by atoms with Crippen molar-refractivity contribution in [2.45, 2.75) is 45.9 Å². The van der Waals surface area contributed by atoms with Crippen LogP contribution in [0.15, 0.2) is 29.3 Å². The van der Waals surface area contributed by atoms with Crippen molar-refractivity contribution in [1.82, 2.24) is 15.1 Å². The third-order valence-corrected chi connectivity index (χ3v) is 5.57. The van der Waals surface area contributed by atoms with Gasteiger partial charge in [0.15, 0.2) is 5.96 Å². The third kappa shape index (κ3) is 7.61. The van der Waals surface area contributed by atoms with Gasteiger partial charge in [-0.15, -0.1) is 24.0 Å². The first-order valence-electron chi connectivity index (χ1n) is 11.1. The highest BCUT2D eigenvalue weighted by Crippen LogP contribution is 2.16. The van der Waals surface area contributed by atoms with Gasteiger partial charge in [-0.2, -0.15) is 0 Å². The Bertz CT molecular complexity index is 712. The first kappa shape index (κ1) is 25.9. The second kappa shape index (κ2) is 12.6. The van der Waals surface area contributed by atoms with E-state index in [1.807, 2.05) is 43.0 Å². The van der Waals surface area contributed by atoms with Gasteiger partial charge < -0.3 is 24.6 Å². The van der Waals surface area contributed by atoms with Crippen LogP contribution in [0.1, 0.15) is 43.1 Å². The molecule has 1 N–H and O–H groups in total. The number of nitrogens with zero attached hydrogens (tertiary/aromatic N) is 3. The average Bonchev–Trinajstić information content (AvgIpc) is 3.23. The topological polar surface area (TPSA) is 66.4 Å². The van der Waals surface area contributed by atoms with Gasteiger partial charge in [-0.05, 0) is 44.9 Å². The number of amides is 1. The van der Waals surface area contributed by atoms with Crippen molar-refractivity contribution in [1.29, 1.82) is 0 Å². The first-order valence-corrected chi connectivity index (χ1v) is 11.1. The summed E-state index contributed by atoms with van der Waals surface area (Å²) in [6.45, 7) is 11.4. The first-order chi connectivity index (χ1) is 14.5. The lowest BCUT2D eigenvalue weighted by Crippen LogP contribution is -2.48. The van der Waals surface area contributed by atoms with Crippen molar-refractivity contribution in [2.75, 3.05) is 46.4 Å². The van der Waals surface area contributed by atoms with Crippen molar-refractivity contribution < 1.29 is 14.3 Å². The van der Waals surface area contributed by atoms with Gasteiger partial charge in [-0.1, -0.05) is 12.1 Å². The van der Waals surface area contributed by atoms with Gasteiger partial charge in [-0.25, -0.2) is 4.99 Å². The summed E-state index contributed by atoms with van der Waals surface area (Å²) in [6, 6.07) is 7.81. The lowest BCUT2D eigenvalue weighted by Gasteiger charge is -2.35. The van der Waals surface area contributed by atoms with Gasteiger partial charge in [-0.3, -0.25) is 4.79 Å². The Morgan fingerprint density at radius 2 is 1.90 bits per heavy atom. The quantitative estimate of drug-likeness (QED) is 0.339. The molecule has 0 bridgehead atoms. The van der Waals surface area contributed by atoms with Crippen LogP contribution >= 0.6 is 24.0 Å². The maximum absolute atomic E-state index is 12.8. The van der Waals surface area contributed by atoms with Crippen LogP contribution < -0.4 is 5.32 Å². The molecule has 2 heterocycles. The van der Waals surface area contributed by atoms with Crippen molar-refractivity contribution in [3.05, 3.63) is 35.4 Å². The minimum Gasteiger partial charge on any atom is -0.381 e. The lowest BCUT2D eigenvalue weighted by atomic mass is 10.1. The molecule has 2 aliphatic rings. The van der Waals surface area contributed by atoms with E-state index in [0.717, 1.165) is 44.2 Å². The second-order valence-electron chi connectivity index (χ2n) is 8.44. The fourth-order valence-electron chi connectivity index (χ4n) is 4.12. The number of rotatable bonds is 6. The minimum atomic E-state index is 0. The smallest absolute Gasteiger partial charge is 0.254 e. The normalized spacial score (nSPS) is 23.9. The molecule has 0 aromatic heterocycles. The number of hydrogen-bond donors (Lipinski definition) is 1. The predicted octanol–water partition coefficient (Wildman–Crippen LogP) is 2.99. The highest BCUT2D eigenvalue weighted by Gasteiger charge is 2.26. The van der Waals surface area contributed by atoms with Crippen molar-refractivity contribution in [3.63, 3.8) is 0 Å². The molecule has 8 heteroatoms. The molecule has 3 unspecified atom stereocenters. The van der Waals surface area contributed by atoms with Crippen molar-refractivity contribution in [3.8, 4) is 0 Å². The summed E-state index contributed by atoms with van der Waals surface area (Å²) in [5.74, 6) is 1.54. The van der Waals surface area contributed by atoms with Crippen LogP contribution in [-0.2, 0) is 16.0 Å². The van der Waals surface area contributed by atoms with E-state index in [0.29, 0.717) is 31.1 Å². The fraction of sp³-hybridized carbons (Fsp3) is 0.652. The number of ether oxygens (including phenoxy) is 2. The standard InChI is InChI=1S/C23H36N4O3.HI/c1-5-24-23(26(4)15-20-10-11-29-16-20)25-12-19-6-8-21(9-7-19)22(28)27-13-17(2)30-18(3)14-27;/h6-9,17-18,20H,5,10-16H2,1-4H3,(H,24,25);1H. The molecule has 3 atom stereocenters. The van der Waals surface area contributed by atoms with Crippen LogP contribution in [0.5, 0.6) is 0 Å². The maximum Gasteiger partial charge on any atom is 0.254 e. The molecule has 1 aromatic rings. The zero-order chi connectivity index (χ0) is 21.5. The van der Waals surface area contributed by atoms with Crippen molar-refractivity contribution in [2.24, 2.45) is 10.9 Å². The number of carbonyl (C=O) groups is 1. The van der Waals surface area contributed by atoms with Gasteiger partial charge >= 0.3 is 0 Å². The highest BCUT2D eigenvalue weighted by atomic mass is 127. The van der Waals surface area contributed by atoms with E-state index >= 15 is 0 Å². The molecular formula is C23H37IN4O3. The van der Waals surface area contributed by atoms with Crippen LogP contribution in [-0.4, -0.2) is 80.3 Å². The number of benzene rings is 1. The Morgan fingerprint density at radius 1 is 1.23 bits per heavy atom. The van der Waals surface area contributed by atoms with E-state index in [9.17, 15) is 4.79 Å². The molecule has 2 fully saturated rings. The number of halogens is 1. The van der Waals surface area contributed by atoms with Crippen LogP contribution in [0, 0.1) is 5.92 Å². The molecule has 0 spiro atoms. The molecule has 0 aliphatic carbocycles. The van der Waals surface area contributed by atoms with Crippen LogP contribution in [0.3, 0.4) is 0 Å². The van der Waals surface area contributed by atoms with Gasteiger partial charge in [0.25, 0.3) is 5.91 Å². The summed E-state index contributed by atoms with van der Waals surface area (Å²) in [5.41, 5.74) is 1.80. The summed E-state index contributed by atoms with van der Waals surface area (Å²) >= 11 is 0. The molecule has 2 aliphatic heterocycles. The minimum absolute atomic E-state index is 0. The van der Waals surface area contributed by atoms with Crippen LogP contribution in [0.4, 0.5) is 0 Å². The summed E-state index contributed by atoms with van der Waals surface area (Å²) in [5, 5.41) is 3.37. The lowest BCUT2D eigenvalue weighted by molar-refractivity contribution is -0.0586. The molecule has 1 aromatic carbocycles. The molecule has 31 heavy (non-hydrogen) atoms. The van der Waals surface area contributed by atoms with Crippen LogP contribution in [0.25, 0.3) is 0 Å². The Kier molecular flexibility index (Phi) is 10.5. The number of guanidine groups is 1. The zero-order valence-electron chi connectivity index (χ0n) is 19.2. The number of carbonyl (C=O) groups excluding carboxylic acids is 1. The van der Waals surface area contributed by atoms with E-state index in [1.165, 1.54) is 0 Å². The monoisotopic (exact) mass is 544 g/mol. The number of morpholine rings is 1. The van der Waals surface area contributed by atoms with Gasteiger partial charge in [0.2, 0.25) is 0 Å². The SMILES string of the molecule is CCNC(=NCc1ccc(C(=O)N2CC(C)OC(C)C2)cc1)N(C)CC1CCOC1.I. The zero-order valence-corrected chi connectivity index (χ0v) is 21.5. The largest absolute Gasteiger partial charge is 0.381 e. The van der Waals surface area contributed by atoms with Crippen molar-refractivity contribution >= 4 is 35.8 Å². The van der Waals surface area contributed by atoms with Crippen LogP contribution in [0.2, 0.25) is 0 Å². The Balaban J connectivity index is 0.00000341. The second-order valence-corrected chi connectivity index (χ2v) is 8.44. The number of nitrogens with one attached hydrogen (secondary N) is 1. The summed E-state index contributed by atoms with van der Waals surface area (Å²) in [4.78, 5) is 21.7. The molecule has 3 rings (SSSR count). The third-order valence-electron chi connectivity index (χ3n) is 5.57. The Hall–Kier alpha value is -1.39. The van der Waals surface area contributed by atoms with E-state index in [-0.39, 0.29) is 42.1 Å². The average molecular weight is 544 g/mol. The molecule has 7 nitrogen and oxygen atoms in total.